The van der Waals surface area contributed by atoms with E-state index in [9.17, 15) is 14.6 Å². The van der Waals surface area contributed by atoms with Crippen molar-refractivity contribution in [3.05, 3.63) is 29.3 Å². The first-order valence-electron chi connectivity index (χ1n) is 5.45. The van der Waals surface area contributed by atoms with E-state index in [1.165, 1.54) is 0 Å². The molecule has 0 spiro atoms. The average Bonchev–Trinajstić information content (AvgIpc) is 2.29. The van der Waals surface area contributed by atoms with E-state index < -0.39 is 25.1 Å². The third kappa shape index (κ3) is 2.37. The van der Waals surface area contributed by atoms with Gasteiger partial charge in [0.25, 0.3) is 5.97 Å². The van der Waals surface area contributed by atoms with Crippen LogP contribution in [0.3, 0.4) is 0 Å². The molecule has 0 aromatic heterocycles. The van der Waals surface area contributed by atoms with Crippen LogP contribution in [0.5, 0.6) is 0 Å². The lowest BCUT2D eigenvalue weighted by atomic mass is 9.71. The van der Waals surface area contributed by atoms with E-state index in [1.54, 1.807) is 18.2 Å². The van der Waals surface area contributed by atoms with E-state index in [-0.39, 0.29) is 12.8 Å². The highest BCUT2D eigenvalue weighted by atomic mass is 16.6. The summed E-state index contributed by atoms with van der Waals surface area (Å²) in [5, 5.41) is 18.4. The number of nitrogens with two attached hydrogens (primary N) is 1. The molecule has 0 amide bonds. The molecule has 1 heterocycles. The minimum absolute atomic E-state index is 0.0227. The summed E-state index contributed by atoms with van der Waals surface area (Å²) in [4.78, 5) is 22.0. The summed E-state index contributed by atoms with van der Waals surface area (Å²) in [7, 11) is -1.29. The lowest BCUT2D eigenvalue weighted by Gasteiger charge is -2.21. The molecule has 0 saturated heterocycles. The van der Waals surface area contributed by atoms with E-state index >= 15 is 0 Å². The molecule has 94 valence electrons. The number of fused-ring (bicyclic) bond motifs is 1. The molecule has 1 aromatic rings. The van der Waals surface area contributed by atoms with Gasteiger partial charge in [0, 0.05) is 5.46 Å². The van der Waals surface area contributed by atoms with E-state index in [4.69, 9.17) is 10.8 Å². The molecule has 0 fully saturated rings. The molecule has 0 aliphatic carbocycles. The van der Waals surface area contributed by atoms with Gasteiger partial charge in [-0.3, -0.25) is 9.59 Å². The van der Waals surface area contributed by atoms with Crippen molar-refractivity contribution >= 4 is 24.5 Å². The predicted molar refractivity (Wildman–Crippen MR) is 63.2 cm³/mol. The van der Waals surface area contributed by atoms with E-state index in [2.05, 4.69) is 4.65 Å². The summed E-state index contributed by atoms with van der Waals surface area (Å²) in [6, 6.07) is 3.98. The van der Waals surface area contributed by atoms with Crippen LogP contribution in [0.25, 0.3) is 0 Å². The number of rotatable bonds is 3. The van der Waals surface area contributed by atoms with Crippen LogP contribution in [0.15, 0.2) is 18.2 Å². The first-order chi connectivity index (χ1) is 8.49. The van der Waals surface area contributed by atoms with Gasteiger partial charge in [-0.25, -0.2) is 0 Å². The van der Waals surface area contributed by atoms with Crippen molar-refractivity contribution in [1.29, 1.82) is 0 Å². The SMILES string of the molecule is NC(Cc1cccc2c1CC(=O)OB2O)C(=O)O. The number of carboxylic acids is 1. The summed E-state index contributed by atoms with van der Waals surface area (Å²) >= 11 is 0. The molecule has 1 aliphatic heterocycles. The Bertz CT molecular complexity index is 504. The fourth-order valence-corrected chi connectivity index (χ4v) is 1.99. The number of carbonyl (C=O) groups excluding carboxylic acids is 1. The summed E-state index contributed by atoms with van der Waals surface area (Å²) in [5.41, 5.74) is 7.22. The minimum Gasteiger partial charge on any atom is -0.506 e. The summed E-state index contributed by atoms with van der Waals surface area (Å²) in [6.07, 6.45) is 0.132. The number of benzene rings is 1. The molecule has 6 nitrogen and oxygen atoms in total. The summed E-state index contributed by atoms with van der Waals surface area (Å²) in [5.74, 6) is -1.64. The molecule has 1 unspecified atom stereocenters. The lowest BCUT2D eigenvalue weighted by Crippen LogP contribution is -2.44. The van der Waals surface area contributed by atoms with Crippen LogP contribution < -0.4 is 11.2 Å². The van der Waals surface area contributed by atoms with Crippen LogP contribution in [0.2, 0.25) is 0 Å². The van der Waals surface area contributed by atoms with Gasteiger partial charge in [0.1, 0.15) is 6.04 Å². The molecule has 2 rings (SSSR count). The number of carboxylic acid groups (broad SMARTS) is 1. The van der Waals surface area contributed by atoms with Crippen LogP contribution in [-0.2, 0) is 27.1 Å². The average molecular weight is 249 g/mol. The van der Waals surface area contributed by atoms with Crippen LogP contribution in [0.1, 0.15) is 11.1 Å². The van der Waals surface area contributed by atoms with Crippen molar-refractivity contribution in [2.75, 3.05) is 0 Å². The van der Waals surface area contributed by atoms with Gasteiger partial charge >= 0.3 is 13.1 Å². The molecule has 18 heavy (non-hydrogen) atoms. The molecule has 4 N–H and O–H groups in total. The second-order valence-electron chi connectivity index (χ2n) is 4.15. The van der Waals surface area contributed by atoms with Crippen molar-refractivity contribution < 1.29 is 24.4 Å². The lowest BCUT2D eigenvalue weighted by molar-refractivity contribution is -0.138. The van der Waals surface area contributed by atoms with Crippen molar-refractivity contribution in [3.8, 4) is 0 Å². The fourth-order valence-electron chi connectivity index (χ4n) is 1.99. The first kappa shape index (κ1) is 12.6. The normalized spacial score (nSPS) is 15.9. The molecular weight excluding hydrogens is 237 g/mol. The quantitative estimate of drug-likeness (QED) is 0.558. The Balaban J connectivity index is 2.35. The smallest absolute Gasteiger partial charge is 0.506 e. The van der Waals surface area contributed by atoms with Crippen molar-refractivity contribution in [1.82, 2.24) is 0 Å². The highest BCUT2D eigenvalue weighted by Crippen LogP contribution is 2.15. The molecule has 1 aliphatic rings. The second-order valence-corrected chi connectivity index (χ2v) is 4.15. The standard InChI is InChI=1S/C11H12BNO5/c13-9(11(15)16)4-6-2-1-3-8-7(6)5-10(14)18-12(8)17/h1-3,9,17H,4-5,13H2,(H,15,16). The fraction of sp³-hybridized carbons (Fsp3) is 0.273. The summed E-state index contributed by atoms with van der Waals surface area (Å²) < 4.78 is 4.69. The Morgan fingerprint density at radius 1 is 1.56 bits per heavy atom. The Morgan fingerprint density at radius 3 is 2.94 bits per heavy atom. The Kier molecular flexibility index (Phi) is 3.35. The zero-order valence-electron chi connectivity index (χ0n) is 9.50. The molecule has 1 aromatic carbocycles. The second kappa shape index (κ2) is 4.79. The first-order valence-corrected chi connectivity index (χ1v) is 5.45. The minimum atomic E-state index is -1.29. The Labute approximate surface area is 104 Å². The van der Waals surface area contributed by atoms with Gasteiger partial charge in [-0.15, -0.1) is 0 Å². The van der Waals surface area contributed by atoms with Crippen LogP contribution >= 0.6 is 0 Å². The van der Waals surface area contributed by atoms with Gasteiger partial charge in [-0.2, -0.15) is 0 Å². The van der Waals surface area contributed by atoms with Gasteiger partial charge < -0.3 is 20.5 Å². The third-order valence-corrected chi connectivity index (χ3v) is 2.90. The van der Waals surface area contributed by atoms with E-state index in [1.807, 2.05) is 0 Å². The maximum absolute atomic E-state index is 11.3. The van der Waals surface area contributed by atoms with Crippen LogP contribution in [0.4, 0.5) is 0 Å². The molecule has 0 bridgehead atoms. The molecule has 1 atom stereocenters. The van der Waals surface area contributed by atoms with Crippen LogP contribution in [0, 0.1) is 0 Å². The van der Waals surface area contributed by atoms with Gasteiger partial charge in [0.05, 0.1) is 6.42 Å². The topological polar surface area (TPSA) is 110 Å². The highest BCUT2D eigenvalue weighted by molar-refractivity contribution is 6.63. The number of hydrogen-bond acceptors (Lipinski definition) is 5. The van der Waals surface area contributed by atoms with E-state index in [0.717, 1.165) is 0 Å². The number of hydrogen-bond donors (Lipinski definition) is 3. The van der Waals surface area contributed by atoms with Crippen molar-refractivity contribution in [3.63, 3.8) is 0 Å². The highest BCUT2D eigenvalue weighted by Gasteiger charge is 2.32. The maximum atomic E-state index is 11.3. The molecular formula is C11H12BNO5. The number of carbonyl (C=O) groups is 2. The largest absolute Gasteiger partial charge is 0.562 e. The van der Waals surface area contributed by atoms with Crippen LogP contribution in [-0.4, -0.2) is 35.2 Å². The maximum Gasteiger partial charge on any atom is 0.562 e. The zero-order valence-corrected chi connectivity index (χ0v) is 9.50. The van der Waals surface area contributed by atoms with Gasteiger partial charge in [-0.1, -0.05) is 18.2 Å². The summed E-state index contributed by atoms with van der Waals surface area (Å²) in [6.45, 7) is 0. The Hall–Kier alpha value is -1.86. The monoisotopic (exact) mass is 249 g/mol. The third-order valence-electron chi connectivity index (χ3n) is 2.90. The molecule has 7 heteroatoms. The number of aliphatic carboxylic acids is 1. The zero-order chi connectivity index (χ0) is 13.3. The Morgan fingerprint density at radius 2 is 2.28 bits per heavy atom. The molecule has 0 saturated carbocycles. The molecule has 0 radical (unpaired) electrons. The van der Waals surface area contributed by atoms with Gasteiger partial charge in [-0.05, 0) is 17.5 Å². The van der Waals surface area contributed by atoms with E-state index in [0.29, 0.717) is 16.6 Å². The van der Waals surface area contributed by atoms with Gasteiger partial charge in [0.15, 0.2) is 0 Å². The van der Waals surface area contributed by atoms with Crippen molar-refractivity contribution in [2.45, 2.75) is 18.9 Å². The predicted octanol–water partition coefficient (Wildman–Crippen LogP) is -1.57. The van der Waals surface area contributed by atoms with Gasteiger partial charge in [0.2, 0.25) is 0 Å². The van der Waals surface area contributed by atoms with Crippen molar-refractivity contribution in [2.24, 2.45) is 5.73 Å².